The number of hydrogen-bond donors (Lipinski definition) is 2. The molecule has 3 nitrogen and oxygen atoms in total. The van der Waals surface area contributed by atoms with Gasteiger partial charge in [0.05, 0.1) is 6.61 Å². The zero-order chi connectivity index (χ0) is 7.94. The highest BCUT2D eigenvalue weighted by molar-refractivity contribution is 4.73. The lowest BCUT2D eigenvalue weighted by Gasteiger charge is -2.08. The molecule has 1 saturated heterocycles. The molecular formula is C8H18N2O. The van der Waals surface area contributed by atoms with Crippen LogP contribution in [0.1, 0.15) is 25.7 Å². The van der Waals surface area contributed by atoms with E-state index >= 15 is 0 Å². The number of hydrogen-bond acceptors (Lipinski definition) is 3. The van der Waals surface area contributed by atoms with Gasteiger partial charge in [-0.2, -0.15) is 0 Å². The van der Waals surface area contributed by atoms with Gasteiger partial charge in [0.1, 0.15) is 0 Å². The highest BCUT2D eigenvalue weighted by Crippen LogP contribution is 2.09. The standard InChI is InChI=1S/C8H18N2O/c1-9-11-7-3-5-8-4-2-6-10-8/h8-10H,2-7H2,1H3. The fourth-order valence-corrected chi connectivity index (χ4v) is 1.51. The fourth-order valence-electron chi connectivity index (χ4n) is 1.51. The summed E-state index contributed by atoms with van der Waals surface area (Å²) in [5.74, 6) is 0. The van der Waals surface area contributed by atoms with Crippen molar-refractivity contribution < 1.29 is 4.84 Å². The Balaban J connectivity index is 1.86. The molecule has 0 saturated carbocycles. The number of nitrogens with one attached hydrogen (secondary N) is 2. The molecule has 11 heavy (non-hydrogen) atoms. The Hall–Kier alpha value is -0.120. The second-order valence-corrected chi connectivity index (χ2v) is 2.99. The summed E-state index contributed by atoms with van der Waals surface area (Å²) in [6.07, 6.45) is 5.09. The van der Waals surface area contributed by atoms with Gasteiger partial charge >= 0.3 is 0 Å². The van der Waals surface area contributed by atoms with Gasteiger partial charge in [0.2, 0.25) is 0 Å². The third-order valence-corrected chi connectivity index (χ3v) is 2.11. The molecule has 0 aromatic heterocycles. The molecule has 1 aliphatic rings. The monoisotopic (exact) mass is 158 g/mol. The minimum atomic E-state index is 0.760. The summed E-state index contributed by atoms with van der Waals surface area (Å²) in [5.41, 5.74) is 2.67. The molecule has 1 heterocycles. The quantitative estimate of drug-likeness (QED) is 0.456. The van der Waals surface area contributed by atoms with E-state index in [2.05, 4.69) is 10.8 Å². The Morgan fingerprint density at radius 3 is 3.18 bits per heavy atom. The van der Waals surface area contributed by atoms with E-state index in [1.54, 1.807) is 7.05 Å². The molecule has 1 fully saturated rings. The average Bonchev–Trinajstić information content (AvgIpc) is 2.50. The van der Waals surface area contributed by atoms with Crippen LogP contribution in [-0.2, 0) is 4.84 Å². The van der Waals surface area contributed by atoms with Gasteiger partial charge in [0.25, 0.3) is 0 Å². The lowest BCUT2D eigenvalue weighted by atomic mass is 10.1. The smallest absolute Gasteiger partial charge is 0.0682 e. The molecule has 2 N–H and O–H groups in total. The maximum atomic E-state index is 5.02. The van der Waals surface area contributed by atoms with Crippen LogP contribution in [0, 0.1) is 0 Å². The van der Waals surface area contributed by atoms with Crippen LogP contribution in [0.3, 0.4) is 0 Å². The molecule has 0 bridgehead atoms. The van der Waals surface area contributed by atoms with E-state index in [-0.39, 0.29) is 0 Å². The van der Waals surface area contributed by atoms with Crippen LogP contribution in [0.4, 0.5) is 0 Å². The molecular weight excluding hydrogens is 140 g/mol. The van der Waals surface area contributed by atoms with Crippen LogP contribution in [0.2, 0.25) is 0 Å². The normalized spacial score (nSPS) is 24.3. The predicted molar refractivity (Wildman–Crippen MR) is 45.3 cm³/mol. The average molecular weight is 158 g/mol. The van der Waals surface area contributed by atoms with Crippen LogP contribution in [0.15, 0.2) is 0 Å². The Morgan fingerprint density at radius 2 is 2.55 bits per heavy atom. The van der Waals surface area contributed by atoms with Crippen molar-refractivity contribution in [3.05, 3.63) is 0 Å². The van der Waals surface area contributed by atoms with E-state index in [1.165, 1.54) is 25.8 Å². The first kappa shape index (κ1) is 8.97. The molecule has 0 radical (unpaired) electrons. The molecule has 1 atom stereocenters. The molecule has 0 amide bonds. The summed E-state index contributed by atoms with van der Waals surface area (Å²) >= 11 is 0. The summed E-state index contributed by atoms with van der Waals surface area (Å²) in [5, 5.41) is 3.46. The molecule has 1 rings (SSSR count). The van der Waals surface area contributed by atoms with E-state index in [1.807, 2.05) is 0 Å². The maximum absolute atomic E-state index is 5.02. The molecule has 66 valence electrons. The number of rotatable bonds is 5. The van der Waals surface area contributed by atoms with Gasteiger partial charge < -0.3 is 10.2 Å². The van der Waals surface area contributed by atoms with Crippen LogP contribution < -0.4 is 10.8 Å². The summed E-state index contributed by atoms with van der Waals surface area (Å²) in [6.45, 7) is 2.03. The zero-order valence-corrected chi connectivity index (χ0v) is 7.23. The van der Waals surface area contributed by atoms with Crippen molar-refractivity contribution in [2.75, 3.05) is 20.2 Å². The van der Waals surface area contributed by atoms with Crippen LogP contribution in [-0.4, -0.2) is 26.2 Å². The Labute approximate surface area is 68.5 Å². The van der Waals surface area contributed by atoms with Gasteiger partial charge in [0.15, 0.2) is 0 Å². The molecule has 1 aliphatic heterocycles. The van der Waals surface area contributed by atoms with Crippen molar-refractivity contribution in [1.29, 1.82) is 0 Å². The summed E-state index contributed by atoms with van der Waals surface area (Å²) < 4.78 is 0. The van der Waals surface area contributed by atoms with E-state index in [0.29, 0.717) is 0 Å². The van der Waals surface area contributed by atoms with Crippen molar-refractivity contribution >= 4 is 0 Å². The lowest BCUT2D eigenvalue weighted by molar-refractivity contribution is 0.0542. The van der Waals surface area contributed by atoms with Crippen LogP contribution in [0.5, 0.6) is 0 Å². The highest BCUT2D eigenvalue weighted by atomic mass is 16.6. The SMILES string of the molecule is CNOCCCC1CCCN1. The van der Waals surface area contributed by atoms with Crippen molar-refractivity contribution in [2.45, 2.75) is 31.7 Å². The van der Waals surface area contributed by atoms with Crippen LogP contribution in [0.25, 0.3) is 0 Å². The van der Waals surface area contributed by atoms with Gasteiger partial charge in [0, 0.05) is 13.1 Å². The molecule has 1 unspecified atom stereocenters. The molecule has 0 spiro atoms. The zero-order valence-electron chi connectivity index (χ0n) is 7.23. The van der Waals surface area contributed by atoms with Crippen molar-refractivity contribution in [2.24, 2.45) is 0 Å². The maximum Gasteiger partial charge on any atom is 0.0682 e. The Kier molecular flexibility index (Phi) is 4.50. The van der Waals surface area contributed by atoms with Gasteiger partial charge in [-0.1, -0.05) is 0 Å². The molecule has 0 aromatic carbocycles. The van der Waals surface area contributed by atoms with Crippen LogP contribution >= 0.6 is 0 Å². The molecule has 0 aromatic rings. The second kappa shape index (κ2) is 5.52. The van der Waals surface area contributed by atoms with Crippen molar-refractivity contribution in [3.8, 4) is 0 Å². The largest absolute Gasteiger partial charge is 0.314 e. The first-order valence-electron chi connectivity index (χ1n) is 4.45. The van der Waals surface area contributed by atoms with Gasteiger partial charge in [-0.15, -0.1) is 0 Å². The first-order valence-corrected chi connectivity index (χ1v) is 4.45. The predicted octanol–water partition coefficient (Wildman–Crippen LogP) is 0.670. The summed E-state index contributed by atoms with van der Waals surface area (Å²) in [6, 6.07) is 0.760. The Bertz CT molecular complexity index is 92.1. The van der Waals surface area contributed by atoms with E-state index < -0.39 is 0 Å². The molecule has 3 heteroatoms. The van der Waals surface area contributed by atoms with Gasteiger partial charge in [-0.3, -0.25) is 0 Å². The second-order valence-electron chi connectivity index (χ2n) is 2.99. The first-order chi connectivity index (χ1) is 5.43. The third-order valence-electron chi connectivity index (χ3n) is 2.11. The van der Waals surface area contributed by atoms with Crippen molar-refractivity contribution in [1.82, 2.24) is 10.8 Å². The van der Waals surface area contributed by atoms with Gasteiger partial charge in [-0.25, -0.2) is 5.48 Å². The summed E-state index contributed by atoms with van der Waals surface area (Å²) in [7, 11) is 1.80. The van der Waals surface area contributed by atoms with Gasteiger partial charge in [-0.05, 0) is 32.2 Å². The van der Waals surface area contributed by atoms with E-state index in [9.17, 15) is 0 Å². The lowest BCUT2D eigenvalue weighted by Crippen LogP contribution is -2.21. The number of hydroxylamine groups is 1. The Morgan fingerprint density at radius 1 is 1.64 bits per heavy atom. The minimum Gasteiger partial charge on any atom is -0.314 e. The molecule has 0 aliphatic carbocycles. The summed E-state index contributed by atoms with van der Waals surface area (Å²) in [4.78, 5) is 5.02. The third kappa shape index (κ3) is 3.70. The van der Waals surface area contributed by atoms with E-state index in [4.69, 9.17) is 4.84 Å². The van der Waals surface area contributed by atoms with Crippen molar-refractivity contribution in [3.63, 3.8) is 0 Å². The van der Waals surface area contributed by atoms with E-state index in [0.717, 1.165) is 19.1 Å². The highest BCUT2D eigenvalue weighted by Gasteiger charge is 2.12. The minimum absolute atomic E-state index is 0.760. The topological polar surface area (TPSA) is 33.3 Å². The fraction of sp³-hybridized carbons (Fsp3) is 1.00.